The smallest absolute Gasteiger partial charge is 0.272 e. The Morgan fingerprint density at radius 3 is 2.67 bits per heavy atom. The molecule has 7 heteroatoms. The van der Waals surface area contributed by atoms with Crippen molar-refractivity contribution in [3.05, 3.63) is 65.1 Å². The van der Waals surface area contributed by atoms with Crippen LogP contribution in [0.25, 0.3) is 5.65 Å². The highest BCUT2D eigenvalue weighted by Gasteiger charge is 2.20. The van der Waals surface area contributed by atoms with Crippen molar-refractivity contribution in [2.24, 2.45) is 0 Å². The van der Waals surface area contributed by atoms with E-state index in [0.29, 0.717) is 11.3 Å². The summed E-state index contributed by atoms with van der Waals surface area (Å²) in [6, 6.07) is 13.6. The first-order valence-corrected chi connectivity index (χ1v) is 9.37. The van der Waals surface area contributed by atoms with Gasteiger partial charge in [-0.2, -0.15) is 0 Å². The number of halogens is 1. The number of hydrogen-bond donors (Lipinski definition) is 1. The fourth-order valence-corrected chi connectivity index (χ4v) is 3.58. The van der Waals surface area contributed by atoms with E-state index in [4.69, 9.17) is 16.3 Å². The van der Waals surface area contributed by atoms with Gasteiger partial charge in [0.15, 0.2) is 10.8 Å². The number of carbonyl (C=O) groups excluding carboxylic acids is 1. The molecule has 140 valence electrons. The van der Waals surface area contributed by atoms with Gasteiger partial charge in [0.1, 0.15) is 5.65 Å². The first kappa shape index (κ1) is 17.8. The Morgan fingerprint density at radius 2 is 1.93 bits per heavy atom. The van der Waals surface area contributed by atoms with E-state index in [2.05, 4.69) is 27.3 Å². The van der Waals surface area contributed by atoms with Crippen molar-refractivity contribution in [2.45, 2.75) is 13.0 Å². The fraction of sp³-hybridized carbons (Fsp3) is 0.300. The normalized spacial score (nSPS) is 15.7. The first-order chi connectivity index (χ1) is 13.1. The number of imidazole rings is 1. The predicted molar refractivity (Wildman–Crippen MR) is 106 cm³/mol. The van der Waals surface area contributed by atoms with Crippen LogP contribution >= 0.6 is 11.6 Å². The average Bonchev–Trinajstić information content (AvgIpc) is 3.04. The van der Waals surface area contributed by atoms with Gasteiger partial charge in [0, 0.05) is 25.0 Å². The number of amides is 1. The summed E-state index contributed by atoms with van der Waals surface area (Å²) in [7, 11) is 0. The van der Waals surface area contributed by atoms with Gasteiger partial charge in [0.2, 0.25) is 0 Å². The molecule has 1 amide bonds. The van der Waals surface area contributed by atoms with Gasteiger partial charge in [-0.05, 0) is 36.8 Å². The molecule has 2 aromatic heterocycles. The highest BCUT2D eigenvalue weighted by molar-refractivity contribution is 6.32. The summed E-state index contributed by atoms with van der Waals surface area (Å²) in [5.41, 5.74) is 3.20. The number of ether oxygens (including phenoxy) is 1. The molecule has 1 N–H and O–H groups in total. The molecule has 1 atom stereocenters. The summed E-state index contributed by atoms with van der Waals surface area (Å²) < 4.78 is 7.10. The number of hydrogen-bond acceptors (Lipinski definition) is 4. The van der Waals surface area contributed by atoms with Crippen LogP contribution in [0.1, 0.15) is 29.0 Å². The van der Waals surface area contributed by atoms with Gasteiger partial charge in [-0.3, -0.25) is 9.20 Å². The second-order valence-corrected chi connectivity index (χ2v) is 6.92. The van der Waals surface area contributed by atoms with E-state index in [-0.39, 0.29) is 17.1 Å². The molecule has 3 heterocycles. The predicted octanol–water partition coefficient (Wildman–Crippen LogP) is 3.32. The van der Waals surface area contributed by atoms with Crippen molar-refractivity contribution in [3.8, 4) is 0 Å². The van der Waals surface area contributed by atoms with Crippen LogP contribution in [-0.4, -0.2) is 41.6 Å². The molecule has 4 rings (SSSR count). The van der Waals surface area contributed by atoms with E-state index in [1.54, 1.807) is 10.6 Å². The maximum Gasteiger partial charge on any atom is 0.272 e. The standard InChI is InChI=1S/C20H21ClN4O2/c1-14(15-5-7-16(8-6-15)24-10-12-27-13-11-24)22-20(26)18-19(21)23-17-4-2-3-9-25(17)18/h2-9,14H,10-13H2,1H3,(H,22,26)/t14-/m1/s1. The zero-order chi connectivity index (χ0) is 18.8. The minimum Gasteiger partial charge on any atom is -0.378 e. The number of rotatable bonds is 4. The largest absolute Gasteiger partial charge is 0.378 e. The van der Waals surface area contributed by atoms with E-state index in [0.717, 1.165) is 31.9 Å². The Bertz CT molecular complexity index is 948. The summed E-state index contributed by atoms with van der Waals surface area (Å²) in [5, 5.41) is 3.22. The number of aromatic nitrogens is 2. The molecule has 0 radical (unpaired) electrons. The molecule has 0 bridgehead atoms. The lowest BCUT2D eigenvalue weighted by molar-refractivity contribution is 0.0934. The van der Waals surface area contributed by atoms with Gasteiger partial charge in [0.05, 0.1) is 19.3 Å². The number of benzene rings is 1. The molecule has 0 unspecified atom stereocenters. The van der Waals surface area contributed by atoms with Crippen LogP contribution < -0.4 is 10.2 Å². The Kier molecular flexibility index (Phi) is 5.01. The quantitative estimate of drug-likeness (QED) is 0.749. The second-order valence-electron chi connectivity index (χ2n) is 6.57. The summed E-state index contributed by atoms with van der Waals surface area (Å²) >= 11 is 6.19. The molecular weight excluding hydrogens is 364 g/mol. The molecular formula is C20H21ClN4O2. The van der Waals surface area contributed by atoms with E-state index in [1.807, 2.05) is 37.3 Å². The number of nitrogens with one attached hydrogen (secondary N) is 1. The minimum atomic E-state index is -0.247. The number of nitrogens with zero attached hydrogens (tertiary/aromatic N) is 3. The molecule has 6 nitrogen and oxygen atoms in total. The lowest BCUT2D eigenvalue weighted by Gasteiger charge is -2.29. The third-order valence-electron chi connectivity index (χ3n) is 4.82. The van der Waals surface area contributed by atoms with Gasteiger partial charge in [0.25, 0.3) is 5.91 Å². The monoisotopic (exact) mass is 384 g/mol. The van der Waals surface area contributed by atoms with Crippen molar-refractivity contribution in [3.63, 3.8) is 0 Å². The van der Waals surface area contributed by atoms with E-state index in [1.165, 1.54) is 5.69 Å². The maximum absolute atomic E-state index is 12.8. The second kappa shape index (κ2) is 7.58. The Morgan fingerprint density at radius 1 is 1.19 bits per heavy atom. The van der Waals surface area contributed by atoms with E-state index in [9.17, 15) is 4.79 Å². The summed E-state index contributed by atoms with van der Waals surface area (Å²) in [5.74, 6) is -0.247. The van der Waals surface area contributed by atoms with Crippen molar-refractivity contribution in [1.29, 1.82) is 0 Å². The molecule has 0 spiro atoms. The van der Waals surface area contributed by atoms with E-state index < -0.39 is 0 Å². The molecule has 1 fully saturated rings. The van der Waals surface area contributed by atoms with Gasteiger partial charge >= 0.3 is 0 Å². The molecule has 1 aromatic carbocycles. The van der Waals surface area contributed by atoms with Crippen LogP contribution in [0, 0.1) is 0 Å². The number of morpholine rings is 1. The van der Waals surface area contributed by atoms with Crippen LogP contribution in [0.3, 0.4) is 0 Å². The van der Waals surface area contributed by atoms with Gasteiger partial charge in [-0.1, -0.05) is 29.8 Å². The third-order valence-corrected chi connectivity index (χ3v) is 5.08. The number of fused-ring (bicyclic) bond motifs is 1. The molecule has 0 saturated carbocycles. The number of carbonyl (C=O) groups is 1. The third kappa shape index (κ3) is 3.63. The molecule has 1 aliphatic heterocycles. The van der Waals surface area contributed by atoms with Gasteiger partial charge in [-0.15, -0.1) is 0 Å². The highest BCUT2D eigenvalue weighted by atomic mass is 35.5. The number of pyridine rings is 1. The van der Waals surface area contributed by atoms with Crippen molar-refractivity contribution >= 4 is 28.8 Å². The van der Waals surface area contributed by atoms with Crippen LogP contribution in [0.2, 0.25) is 5.15 Å². The van der Waals surface area contributed by atoms with Crippen molar-refractivity contribution < 1.29 is 9.53 Å². The summed E-state index contributed by atoms with van der Waals surface area (Å²) in [6.07, 6.45) is 1.78. The maximum atomic E-state index is 12.8. The zero-order valence-corrected chi connectivity index (χ0v) is 15.8. The Balaban J connectivity index is 1.49. The van der Waals surface area contributed by atoms with Crippen LogP contribution in [0.5, 0.6) is 0 Å². The molecule has 1 aliphatic rings. The lowest BCUT2D eigenvalue weighted by Crippen LogP contribution is -2.36. The minimum absolute atomic E-state index is 0.151. The van der Waals surface area contributed by atoms with Gasteiger partial charge in [-0.25, -0.2) is 4.98 Å². The van der Waals surface area contributed by atoms with Crippen molar-refractivity contribution in [1.82, 2.24) is 14.7 Å². The lowest BCUT2D eigenvalue weighted by atomic mass is 10.1. The zero-order valence-electron chi connectivity index (χ0n) is 15.1. The Hall–Kier alpha value is -2.57. The van der Waals surface area contributed by atoms with Gasteiger partial charge < -0.3 is 15.0 Å². The highest BCUT2D eigenvalue weighted by Crippen LogP contribution is 2.22. The fourth-order valence-electron chi connectivity index (χ4n) is 3.31. The average molecular weight is 385 g/mol. The molecule has 0 aliphatic carbocycles. The molecule has 3 aromatic rings. The van der Waals surface area contributed by atoms with Crippen LogP contribution in [-0.2, 0) is 4.74 Å². The van der Waals surface area contributed by atoms with E-state index >= 15 is 0 Å². The van der Waals surface area contributed by atoms with Crippen LogP contribution in [0.15, 0.2) is 48.7 Å². The van der Waals surface area contributed by atoms with Crippen molar-refractivity contribution in [2.75, 3.05) is 31.2 Å². The molecule has 1 saturated heterocycles. The summed E-state index contributed by atoms with van der Waals surface area (Å²) in [4.78, 5) is 19.3. The topological polar surface area (TPSA) is 58.9 Å². The first-order valence-electron chi connectivity index (χ1n) is 8.99. The van der Waals surface area contributed by atoms with Crippen LogP contribution in [0.4, 0.5) is 5.69 Å². The SMILES string of the molecule is C[C@@H](NC(=O)c1c(Cl)nc2ccccn12)c1ccc(N2CCOCC2)cc1. The number of anilines is 1. The molecule has 27 heavy (non-hydrogen) atoms. The Labute approximate surface area is 162 Å². The summed E-state index contributed by atoms with van der Waals surface area (Å²) in [6.45, 7) is 5.28.